The van der Waals surface area contributed by atoms with Gasteiger partial charge < -0.3 is 89.9 Å². The third kappa shape index (κ3) is 37.8. The fourth-order valence-corrected chi connectivity index (χ4v) is 13.5. The molecule has 3 fully saturated rings. The molecule has 17 atom stereocenters. The summed E-state index contributed by atoms with van der Waals surface area (Å²) in [5.41, 5.74) is 0. The summed E-state index contributed by atoms with van der Waals surface area (Å²) in [6.07, 6.45) is 39.7. The molecule has 0 aromatic carbocycles. The van der Waals surface area contributed by atoms with Gasteiger partial charge in [0.05, 0.1) is 38.6 Å². The molecule has 0 aromatic heterocycles. The third-order valence-corrected chi connectivity index (χ3v) is 19.8. The molecule has 12 N–H and O–H groups in total. The highest BCUT2D eigenvalue weighted by Gasteiger charge is 2.53. The highest BCUT2D eigenvalue weighted by molar-refractivity contribution is 5.76. The fraction of sp³-hybridized carbons (Fsp3) is 0.960. The molecule has 94 heavy (non-hydrogen) atoms. The van der Waals surface area contributed by atoms with Gasteiger partial charge in [0.25, 0.3) is 0 Å². The molecule has 3 aliphatic heterocycles. The van der Waals surface area contributed by atoms with Gasteiger partial charge in [-0.05, 0) is 19.3 Å². The summed E-state index contributed by atoms with van der Waals surface area (Å²) in [5, 5.41) is 120. The van der Waals surface area contributed by atoms with Gasteiger partial charge in [0.1, 0.15) is 73.2 Å². The normalized spacial score (nSPS) is 27.4. The van der Waals surface area contributed by atoms with E-state index in [-0.39, 0.29) is 18.9 Å². The van der Waals surface area contributed by atoms with Crippen LogP contribution in [-0.4, -0.2) is 193 Å². The van der Waals surface area contributed by atoms with E-state index in [9.17, 15) is 61.0 Å². The Morgan fingerprint density at radius 1 is 0.372 bits per heavy atom. The van der Waals surface area contributed by atoms with E-state index in [4.69, 9.17) is 28.4 Å². The van der Waals surface area contributed by atoms with Gasteiger partial charge in [-0.2, -0.15) is 0 Å². The van der Waals surface area contributed by atoms with Crippen LogP contribution in [0.5, 0.6) is 0 Å². The molecule has 3 rings (SSSR count). The molecule has 0 aliphatic carbocycles. The Balaban J connectivity index is 1.27. The smallest absolute Gasteiger partial charge is 0.220 e. The summed E-state index contributed by atoms with van der Waals surface area (Å²) in [7, 11) is 0. The van der Waals surface area contributed by atoms with Crippen molar-refractivity contribution in [1.29, 1.82) is 0 Å². The molecule has 0 radical (unpaired) electrons. The van der Waals surface area contributed by atoms with Crippen LogP contribution >= 0.6 is 0 Å². The van der Waals surface area contributed by atoms with E-state index in [2.05, 4.69) is 19.2 Å². The van der Waals surface area contributed by atoms with E-state index in [1.54, 1.807) is 6.08 Å². The van der Waals surface area contributed by atoms with Crippen molar-refractivity contribution in [3.05, 3.63) is 12.2 Å². The van der Waals surface area contributed by atoms with Crippen molar-refractivity contribution in [1.82, 2.24) is 5.32 Å². The quantitative estimate of drug-likeness (QED) is 0.0199. The first kappa shape index (κ1) is 86.8. The van der Waals surface area contributed by atoms with Gasteiger partial charge in [-0.1, -0.05) is 315 Å². The Morgan fingerprint density at radius 2 is 0.660 bits per heavy atom. The average molecular weight is 1350 g/mol. The van der Waals surface area contributed by atoms with E-state index in [0.717, 1.165) is 44.9 Å². The number of rotatable bonds is 62. The Bertz CT molecular complexity index is 1750. The van der Waals surface area contributed by atoms with Crippen molar-refractivity contribution in [3.63, 3.8) is 0 Å². The van der Waals surface area contributed by atoms with E-state index in [1.165, 1.54) is 257 Å². The van der Waals surface area contributed by atoms with Crippen molar-refractivity contribution in [3.8, 4) is 0 Å². The maximum absolute atomic E-state index is 13.4. The fourth-order valence-electron chi connectivity index (χ4n) is 13.5. The number of hydrogen-bond acceptors (Lipinski definition) is 18. The molecular weight excluding hydrogens is 1200 g/mol. The molecular formula is C75H143NO18. The molecule has 0 saturated carbocycles. The topological polar surface area (TPSA) is 307 Å². The SMILES string of the molecule is CCCCCCCCCCC/C=C/C(O)C(COC1OC(CO)C(OC2OC(CO)C(OC3OC(CO)C(O)C(O)C3O)C(O)C2O)C(O)C1O)NC(=O)CCCCCCCCCCCCCCCCCCCCCCCCCCCCCCCCCCCCCCCC. The highest BCUT2D eigenvalue weighted by atomic mass is 16.8. The number of aliphatic hydroxyl groups is 11. The lowest BCUT2D eigenvalue weighted by molar-refractivity contribution is -0.379. The second-order valence-corrected chi connectivity index (χ2v) is 28.2. The van der Waals surface area contributed by atoms with Crippen LogP contribution in [-0.2, 0) is 33.2 Å². The molecule has 19 heteroatoms. The summed E-state index contributed by atoms with van der Waals surface area (Å²) in [6, 6.07) is -0.968. The number of carbonyl (C=O) groups is 1. The number of nitrogens with one attached hydrogen (secondary N) is 1. The number of ether oxygens (including phenoxy) is 6. The van der Waals surface area contributed by atoms with Crippen LogP contribution in [0, 0.1) is 0 Å². The first-order chi connectivity index (χ1) is 45.8. The number of unbranched alkanes of at least 4 members (excludes halogenated alkanes) is 46. The van der Waals surface area contributed by atoms with Crippen molar-refractivity contribution in [2.75, 3.05) is 26.4 Å². The molecule has 0 spiro atoms. The number of allylic oxidation sites excluding steroid dienone is 1. The summed E-state index contributed by atoms with van der Waals surface area (Å²) in [6.45, 7) is 1.75. The van der Waals surface area contributed by atoms with E-state index >= 15 is 0 Å². The lowest BCUT2D eigenvalue weighted by Gasteiger charge is -2.48. The molecule has 556 valence electrons. The Labute approximate surface area is 569 Å². The Hall–Kier alpha value is -1.47. The largest absolute Gasteiger partial charge is 0.394 e. The summed E-state index contributed by atoms with van der Waals surface area (Å²) < 4.78 is 34.3. The van der Waals surface area contributed by atoms with Gasteiger partial charge in [0, 0.05) is 6.42 Å². The lowest BCUT2D eigenvalue weighted by Crippen LogP contribution is -2.66. The summed E-state index contributed by atoms with van der Waals surface area (Å²) >= 11 is 0. The van der Waals surface area contributed by atoms with Crippen molar-refractivity contribution >= 4 is 5.91 Å². The van der Waals surface area contributed by atoms with Crippen LogP contribution in [0.15, 0.2) is 12.2 Å². The zero-order chi connectivity index (χ0) is 68.2. The van der Waals surface area contributed by atoms with Crippen LogP contribution in [0.25, 0.3) is 0 Å². The van der Waals surface area contributed by atoms with Gasteiger partial charge in [0.2, 0.25) is 5.91 Å². The zero-order valence-electron chi connectivity index (χ0n) is 59.2. The molecule has 17 unspecified atom stereocenters. The minimum atomic E-state index is -1.98. The van der Waals surface area contributed by atoms with Crippen molar-refractivity contribution < 1.29 is 89.4 Å². The number of carbonyl (C=O) groups excluding carboxylic acids is 1. The predicted octanol–water partition coefficient (Wildman–Crippen LogP) is 12.0. The average Bonchev–Trinajstić information content (AvgIpc) is 0.787. The molecule has 3 aliphatic rings. The van der Waals surface area contributed by atoms with E-state index < -0.39 is 124 Å². The van der Waals surface area contributed by atoms with E-state index in [0.29, 0.717) is 6.42 Å². The van der Waals surface area contributed by atoms with Crippen LogP contribution in [0.1, 0.15) is 328 Å². The van der Waals surface area contributed by atoms with Gasteiger partial charge in [-0.15, -0.1) is 0 Å². The maximum Gasteiger partial charge on any atom is 0.220 e. The molecule has 3 saturated heterocycles. The van der Waals surface area contributed by atoms with Crippen LogP contribution < -0.4 is 5.32 Å². The number of hydrogen-bond donors (Lipinski definition) is 12. The summed E-state index contributed by atoms with van der Waals surface area (Å²) in [4.78, 5) is 13.4. The lowest BCUT2D eigenvalue weighted by atomic mass is 9.96. The standard InChI is InChI=1S/C75H143NO18/c1-3-5-7-9-11-13-15-16-17-18-19-20-21-22-23-24-25-26-27-28-29-30-31-32-33-34-35-36-37-38-39-40-41-43-45-47-49-51-53-63(81)76-58(59(80)52-50-48-46-44-42-14-12-10-8-6-4-2)57-89-73-69(87)66(84)71(61(55-78)91-73)94-75-70(88)67(85)72(62(56-79)92-75)93-74-68(86)65(83)64(82)60(54-77)90-74/h50,52,58-62,64-75,77-80,82-88H,3-49,51,53-57H2,1-2H3,(H,76,81)/b52-50+. The second-order valence-electron chi connectivity index (χ2n) is 28.2. The zero-order valence-corrected chi connectivity index (χ0v) is 59.2. The molecule has 19 nitrogen and oxygen atoms in total. The second kappa shape index (κ2) is 57.2. The van der Waals surface area contributed by atoms with Crippen LogP contribution in [0.4, 0.5) is 0 Å². The van der Waals surface area contributed by atoms with Crippen LogP contribution in [0.3, 0.4) is 0 Å². The van der Waals surface area contributed by atoms with Gasteiger partial charge in [-0.3, -0.25) is 4.79 Å². The van der Waals surface area contributed by atoms with Gasteiger partial charge >= 0.3 is 0 Å². The third-order valence-electron chi connectivity index (χ3n) is 19.8. The van der Waals surface area contributed by atoms with Crippen molar-refractivity contribution in [2.24, 2.45) is 0 Å². The molecule has 1 amide bonds. The Morgan fingerprint density at radius 3 is 1.00 bits per heavy atom. The maximum atomic E-state index is 13.4. The van der Waals surface area contributed by atoms with Gasteiger partial charge in [-0.25, -0.2) is 0 Å². The first-order valence-corrected chi connectivity index (χ1v) is 38.9. The minimum Gasteiger partial charge on any atom is -0.394 e. The molecule has 0 aromatic rings. The van der Waals surface area contributed by atoms with E-state index in [1.807, 2.05) is 6.08 Å². The molecule has 3 heterocycles. The molecule has 0 bridgehead atoms. The van der Waals surface area contributed by atoms with Crippen LogP contribution in [0.2, 0.25) is 0 Å². The Kier molecular flexibility index (Phi) is 52.8. The first-order valence-electron chi connectivity index (χ1n) is 38.9. The number of aliphatic hydroxyl groups excluding tert-OH is 11. The monoisotopic (exact) mass is 1350 g/mol. The van der Waals surface area contributed by atoms with Crippen molar-refractivity contribution in [2.45, 2.75) is 433 Å². The number of amides is 1. The summed E-state index contributed by atoms with van der Waals surface area (Å²) in [5.74, 6) is -0.270. The minimum absolute atomic E-state index is 0.249. The van der Waals surface area contributed by atoms with Gasteiger partial charge in [0.15, 0.2) is 18.9 Å². The highest BCUT2D eigenvalue weighted by Crippen LogP contribution is 2.33. The predicted molar refractivity (Wildman–Crippen MR) is 370 cm³/mol.